The zero-order valence-corrected chi connectivity index (χ0v) is 22.7. The molecule has 0 atom stereocenters. The SMILES string of the molecule is O=C(O)c1cccc(C#Cc2ccc3ccn(CCCN4CCS(=O)(=O)CC4)c3c2)c1-c1ccc2cc[nH]c2c1. The molecule has 0 saturated carbocycles. The molecule has 7 nitrogen and oxygen atoms in total. The molecule has 3 heterocycles. The van der Waals surface area contributed by atoms with Crippen LogP contribution in [0.2, 0.25) is 0 Å². The van der Waals surface area contributed by atoms with E-state index in [0.29, 0.717) is 24.2 Å². The van der Waals surface area contributed by atoms with Crippen molar-refractivity contribution in [2.24, 2.45) is 0 Å². The van der Waals surface area contributed by atoms with Gasteiger partial charge in [0.15, 0.2) is 9.84 Å². The maximum Gasteiger partial charge on any atom is 0.336 e. The Morgan fingerprint density at radius 3 is 2.58 bits per heavy atom. The van der Waals surface area contributed by atoms with Crippen LogP contribution in [0.5, 0.6) is 0 Å². The Morgan fingerprint density at radius 1 is 0.925 bits per heavy atom. The van der Waals surface area contributed by atoms with Crippen molar-refractivity contribution in [2.75, 3.05) is 31.1 Å². The van der Waals surface area contributed by atoms with Crippen LogP contribution in [-0.4, -0.2) is 65.1 Å². The quantitative estimate of drug-likeness (QED) is 0.290. The van der Waals surface area contributed by atoms with Gasteiger partial charge in [-0.05, 0) is 71.8 Å². The average molecular weight is 552 g/mol. The molecule has 202 valence electrons. The Balaban J connectivity index is 1.26. The van der Waals surface area contributed by atoms with Gasteiger partial charge in [0.1, 0.15) is 0 Å². The fourth-order valence-electron chi connectivity index (χ4n) is 5.38. The van der Waals surface area contributed by atoms with Crippen molar-refractivity contribution >= 4 is 37.6 Å². The first-order valence-corrected chi connectivity index (χ1v) is 15.2. The molecule has 8 heteroatoms. The van der Waals surface area contributed by atoms with Gasteiger partial charge in [-0.15, -0.1) is 0 Å². The van der Waals surface area contributed by atoms with Crippen molar-refractivity contribution < 1.29 is 18.3 Å². The topological polar surface area (TPSA) is 95.4 Å². The summed E-state index contributed by atoms with van der Waals surface area (Å²) >= 11 is 0. The average Bonchev–Trinajstić information content (AvgIpc) is 3.59. The third-order valence-corrected chi connectivity index (χ3v) is 9.17. The summed E-state index contributed by atoms with van der Waals surface area (Å²) < 4.78 is 25.6. The normalized spacial score (nSPS) is 15.2. The fraction of sp³-hybridized carbons (Fsp3) is 0.219. The molecule has 2 N–H and O–H groups in total. The van der Waals surface area contributed by atoms with Crippen LogP contribution in [0.15, 0.2) is 79.1 Å². The first-order chi connectivity index (χ1) is 19.4. The molecule has 0 unspecified atom stereocenters. The van der Waals surface area contributed by atoms with E-state index >= 15 is 0 Å². The fourth-order valence-corrected chi connectivity index (χ4v) is 6.66. The third kappa shape index (κ3) is 5.39. The molecule has 1 saturated heterocycles. The molecule has 40 heavy (non-hydrogen) atoms. The number of hydrogen-bond donors (Lipinski definition) is 2. The molecule has 0 aliphatic carbocycles. The van der Waals surface area contributed by atoms with Gasteiger partial charge in [-0.25, -0.2) is 13.2 Å². The van der Waals surface area contributed by atoms with E-state index in [0.717, 1.165) is 52.4 Å². The van der Waals surface area contributed by atoms with Gasteiger partial charge < -0.3 is 19.6 Å². The van der Waals surface area contributed by atoms with Crippen molar-refractivity contribution in [3.63, 3.8) is 0 Å². The summed E-state index contributed by atoms with van der Waals surface area (Å²) in [7, 11) is -2.87. The van der Waals surface area contributed by atoms with E-state index in [-0.39, 0.29) is 17.1 Å². The number of sulfone groups is 1. The summed E-state index contributed by atoms with van der Waals surface area (Å²) in [5, 5.41) is 12.1. The van der Waals surface area contributed by atoms with Crippen molar-refractivity contribution in [1.29, 1.82) is 0 Å². The van der Waals surface area contributed by atoms with Gasteiger partial charge >= 0.3 is 5.97 Å². The number of aromatic carboxylic acids is 1. The Kier molecular flexibility index (Phi) is 6.93. The van der Waals surface area contributed by atoms with Gasteiger partial charge in [0.05, 0.1) is 17.1 Å². The summed E-state index contributed by atoms with van der Waals surface area (Å²) in [5.41, 5.74) is 5.15. The minimum absolute atomic E-state index is 0.216. The lowest BCUT2D eigenvalue weighted by molar-refractivity contribution is 0.0697. The lowest BCUT2D eigenvalue weighted by Gasteiger charge is -2.26. The lowest BCUT2D eigenvalue weighted by Crippen LogP contribution is -2.40. The highest BCUT2D eigenvalue weighted by atomic mass is 32.2. The standard InChI is InChI=1S/C32H29N3O4S/c36-32(37)28-4-1-3-26(31(28)27-10-9-24-11-13-33-29(24)22-27)8-6-23-5-7-25-12-16-35(30(25)21-23)15-2-14-34-17-19-40(38,39)20-18-34/h1,3-5,7,9-13,16,21-22,33H,2,14-15,17-20H2,(H,36,37). The number of carbonyl (C=O) groups is 1. The minimum Gasteiger partial charge on any atom is -0.478 e. The van der Waals surface area contributed by atoms with Gasteiger partial charge in [0.25, 0.3) is 0 Å². The first-order valence-electron chi connectivity index (χ1n) is 13.3. The largest absolute Gasteiger partial charge is 0.478 e. The van der Waals surface area contributed by atoms with E-state index in [1.807, 2.05) is 42.6 Å². The van der Waals surface area contributed by atoms with Crippen LogP contribution in [0.1, 0.15) is 27.9 Å². The monoisotopic (exact) mass is 551 g/mol. The number of benzene rings is 3. The number of hydrogen-bond acceptors (Lipinski definition) is 4. The van der Waals surface area contributed by atoms with Crippen molar-refractivity contribution in [3.8, 4) is 23.0 Å². The Morgan fingerprint density at radius 2 is 1.75 bits per heavy atom. The highest BCUT2D eigenvalue weighted by Crippen LogP contribution is 2.30. The minimum atomic E-state index is -2.87. The number of aromatic amines is 1. The molecule has 1 aliphatic rings. The Hall–Kier alpha value is -4.32. The second-order valence-electron chi connectivity index (χ2n) is 10.2. The highest BCUT2D eigenvalue weighted by Gasteiger charge is 2.21. The molecule has 2 aromatic heterocycles. The number of aryl methyl sites for hydroxylation is 1. The summed E-state index contributed by atoms with van der Waals surface area (Å²) in [4.78, 5) is 17.5. The van der Waals surface area contributed by atoms with Gasteiger partial charge in [-0.3, -0.25) is 0 Å². The second kappa shape index (κ2) is 10.7. The number of fused-ring (bicyclic) bond motifs is 2. The third-order valence-electron chi connectivity index (χ3n) is 7.56. The number of carboxylic acids is 1. The number of rotatable bonds is 6. The van der Waals surface area contributed by atoms with E-state index < -0.39 is 15.8 Å². The summed E-state index contributed by atoms with van der Waals surface area (Å²) in [6, 6.07) is 21.3. The number of carboxylic acid groups (broad SMARTS) is 1. The van der Waals surface area contributed by atoms with Crippen LogP contribution >= 0.6 is 0 Å². The Bertz CT molecular complexity index is 1890. The van der Waals surface area contributed by atoms with E-state index in [2.05, 4.69) is 50.7 Å². The van der Waals surface area contributed by atoms with Crippen molar-refractivity contribution in [3.05, 3.63) is 95.8 Å². The zero-order valence-electron chi connectivity index (χ0n) is 21.9. The van der Waals surface area contributed by atoms with E-state index in [4.69, 9.17) is 0 Å². The maximum atomic E-state index is 12.1. The maximum absolute atomic E-state index is 12.1. The van der Waals surface area contributed by atoms with E-state index in [1.165, 1.54) is 0 Å². The van der Waals surface area contributed by atoms with E-state index in [9.17, 15) is 18.3 Å². The lowest BCUT2D eigenvalue weighted by atomic mass is 9.93. The second-order valence-corrected chi connectivity index (χ2v) is 12.5. The Labute approximate surface area is 233 Å². The van der Waals surface area contributed by atoms with Crippen LogP contribution in [0, 0.1) is 11.8 Å². The zero-order chi connectivity index (χ0) is 27.7. The van der Waals surface area contributed by atoms with Gasteiger partial charge in [-0.1, -0.05) is 36.1 Å². The first kappa shape index (κ1) is 25.9. The molecule has 1 aliphatic heterocycles. The number of aromatic nitrogens is 2. The van der Waals surface area contributed by atoms with Gasteiger partial charge in [0, 0.05) is 59.8 Å². The highest BCUT2D eigenvalue weighted by molar-refractivity contribution is 7.91. The predicted octanol–water partition coefficient (Wildman–Crippen LogP) is 5.01. The molecule has 0 spiro atoms. The van der Waals surface area contributed by atoms with Gasteiger partial charge in [0.2, 0.25) is 0 Å². The van der Waals surface area contributed by atoms with Crippen LogP contribution in [-0.2, 0) is 16.4 Å². The predicted molar refractivity (Wildman–Crippen MR) is 158 cm³/mol. The van der Waals surface area contributed by atoms with Crippen LogP contribution < -0.4 is 0 Å². The summed E-state index contributed by atoms with van der Waals surface area (Å²) in [6.45, 7) is 2.91. The molecule has 0 amide bonds. The van der Waals surface area contributed by atoms with Crippen LogP contribution in [0.25, 0.3) is 32.9 Å². The number of H-pyrrole nitrogens is 1. The molecule has 3 aromatic carbocycles. The molecule has 1 fully saturated rings. The van der Waals surface area contributed by atoms with E-state index in [1.54, 1.807) is 12.1 Å². The molecule has 5 aromatic rings. The smallest absolute Gasteiger partial charge is 0.336 e. The molecular formula is C32H29N3O4S. The molecule has 0 bridgehead atoms. The van der Waals surface area contributed by atoms with Crippen LogP contribution in [0.4, 0.5) is 0 Å². The molecule has 0 radical (unpaired) electrons. The van der Waals surface area contributed by atoms with Crippen molar-refractivity contribution in [1.82, 2.24) is 14.5 Å². The van der Waals surface area contributed by atoms with Crippen molar-refractivity contribution in [2.45, 2.75) is 13.0 Å². The molecule has 6 rings (SSSR count). The number of nitrogens with one attached hydrogen (secondary N) is 1. The van der Waals surface area contributed by atoms with Crippen LogP contribution in [0.3, 0.4) is 0 Å². The van der Waals surface area contributed by atoms with Gasteiger partial charge in [-0.2, -0.15) is 0 Å². The summed E-state index contributed by atoms with van der Waals surface area (Å²) in [6.07, 6.45) is 4.87. The number of nitrogens with zero attached hydrogens (tertiary/aromatic N) is 2. The molecular weight excluding hydrogens is 522 g/mol. The summed E-state index contributed by atoms with van der Waals surface area (Å²) in [5.74, 6) is 6.02.